The van der Waals surface area contributed by atoms with Crippen molar-refractivity contribution in [1.29, 1.82) is 0 Å². The first kappa shape index (κ1) is 18.6. The zero-order valence-electron chi connectivity index (χ0n) is 11.3. The first-order valence-electron chi connectivity index (χ1n) is 5.94. The molecule has 0 aliphatic heterocycles. The molecular weight excluding hydrogens is 303 g/mol. The first-order chi connectivity index (χ1) is 8.54. The SMILES string of the molecule is CNCCC(=O)Nc1cccc(Cl)c1SC(C)C.Cl. The summed E-state index contributed by atoms with van der Waals surface area (Å²) in [7, 11) is 1.83. The van der Waals surface area contributed by atoms with Crippen LogP contribution in [0.2, 0.25) is 5.02 Å². The fraction of sp³-hybridized carbons (Fsp3) is 0.462. The molecule has 0 unspecified atom stereocenters. The van der Waals surface area contributed by atoms with E-state index in [4.69, 9.17) is 11.6 Å². The lowest BCUT2D eigenvalue weighted by Crippen LogP contribution is -2.19. The van der Waals surface area contributed by atoms with Gasteiger partial charge >= 0.3 is 0 Å². The van der Waals surface area contributed by atoms with Gasteiger partial charge in [0.1, 0.15) is 0 Å². The molecule has 1 amide bonds. The number of benzene rings is 1. The molecule has 1 rings (SSSR count). The Kier molecular flexibility index (Phi) is 9.27. The molecule has 0 spiro atoms. The van der Waals surface area contributed by atoms with Gasteiger partial charge in [-0.05, 0) is 19.2 Å². The molecule has 0 saturated carbocycles. The third kappa shape index (κ3) is 6.52. The van der Waals surface area contributed by atoms with Crippen molar-refractivity contribution in [2.24, 2.45) is 0 Å². The molecule has 0 aliphatic carbocycles. The van der Waals surface area contributed by atoms with Gasteiger partial charge in [0, 0.05) is 23.1 Å². The van der Waals surface area contributed by atoms with E-state index in [1.165, 1.54) is 0 Å². The lowest BCUT2D eigenvalue weighted by Gasteiger charge is -2.14. The number of hydrogen-bond acceptors (Lipinski definition) is 3. The van der Waals surface area contributed by atoms with Crippen LogP contribution in [-0.4, -0.2) is 24.7 Å². The summed E-state index contributed by atoms with van der Waals surface area (Å²) < 4.78 is 0. The molecule has 0 aromatic heterocycles. The molecule has 0 saturated heterocycles. The minimum Gasteiger partial charge on any atom is -0.325 e. The number of carbonyl (C=O) groups is 1. The molecular formula is C13H20Cl2N2OS. The van der Waals surface area contributed by atoms with Gasteiger partial charge in [0.2, 0.25) is 5.91 Å². The standard InChI is InChI=1S/C13H19ClN2OS.ClH/c1-9(2)18-13-10(14)5-4-6-11(13)16-12(17)7-8-15-3;/h4-6,9,15H,7-8H2,1-3H3,(H,16,17);1H. The van der Waals surface area contributed by atoms with Crippen LogP contribution in [0.25, 0.3) is 0 Å². The Morgan fingerprint density at radius 3 is 2.68 bits per heavy atom. The molecule has 6 heteroatoms. The molecule has 19 heavy (non-hydrogen) atoms. The lowest BCUT2D eigenvalue weighted by molar-refractivity contribution is -0.116. The van der Waals surface area contributed by atoms with E-state index in [9.17, 15) is 4.79 Å². The van der Waals surface area contributed by atoms with Crippen molar-refractivity contribution in [1.82, 2.24) is 5.32 Å². The van der Waals surface area contributed by atoms with Crippen LogP contribution in [0.5, 0.6) is 0 Å². The minimum absolute atomic E-state index is 0. The van der Waals surface area contributed by atoms with Gasteiger partial charge in [-0.3, -0.25) is 4.79 Å². The Balaban J connectivity index is 0.00000324. The fourth-order valence-electron chi connectivity index (χ4n) is 1.41. The molecule has 0 aliphatic rings. The average molecular weight is 323 g/mol. The molecule has 108 valence electrons. The second kappa shape index (κ2) is 9.48. The number of hydrogen-bond donors (Lipinski definition) is 2. The maximum absolute atomic E-state index is 11.7. The number of nitrogens with one attached hydrogen (secondary N) is 2. The maximum Gasteiger partial charge on any atom is 0.225 e. The smallest absolute Gasteiger partial charge is 0.225 e. The van der Waals surface area contributed by atoms with Crippen molar-refractivity contribution >= 4 is 47.4 Å². The monoisotopic (exact) mass is 322 g/mol. The van der Waals surface area contributed by atoms with Crippen molar-refractivity contribution in [3.63, 3.8) is 0 Å². The molecule has 2 N–H and O–H groups in total. The van der Waals surface area contributed by atoms with E-state index in [-0.39, 0.29) is 18.3 Å². The molecule has 0 atom stereocenters. The van der Waals surface area contributed by atoms with E-state index in [2.05, 4.69) is 24.5 Å². The molecule has 0 heterocycles. The van der Waals surface area contributed by atoms with Crippen LogP contribution in [0, 0.1) is 0 Å². The van der Waals surface area contributed by atoms with Crippen molar-refractivity contribution < 1.29 is 4.79 Å². The Bertz CT molecular complexity index is 414. The van der Waals surface area contributed by atoms with E-state index in [1.54, 1.807) is 11.8 Å². The van der Waals surface area contributed by atoms with Gasteiger partial charge in [-0.15, -0.1) is 24.2 Å². The summed E-state index contributed by atoms with van der Waals surface area (Å²) in [6, 6.07) is 5.57. The van der Waals surface area contributed by atoms with Crippen LogP contribution in [-0.2, 0) is 4.79 Å². The Morgan fingerprint density at radius 2 is 2.11 bits per heavy atom. The highest BCUT2D eigenvalue weighted by Crippen LogP contribution is 2.36. The summed E-state index contributed by atoms with van der Waals surface area (Å²) in [5.41, 5.74) is 0.794. The van der Waals surface area contributed by atoms with Crippen molar-refractivity contribution in [3.8, 4) is 0 Å². The van der Waals surface area contributed by atoms with Gasteiger partial charge < -0.3 is 10.6 Å². The largest absolute Gasteiger partial charge is 0.325 e. The zero-order chi connectivity index (χ0) is 13.5. The van der Waals surface area contributed by atoms with Gasteiger partial charge in [0.05, 0.1) is 10.7 Å². The van der Waals surface area contributed by atoms with E-state index in [0.717, 1.165) is 10.6 Å². The van der Waals surface area contributed by atoms with Crippen LogP contribution in [0.3, 0.4) is 0 Å². The molecule has 1 aromatic carbocycles. The van der Waals surface area contributed by atoms with Crippen LogP contribution in [0.1, 0.15) is 20.3 Å². The zero-order valence-corrected chi connectivity index (χ0v) is 13.7. The van der Waals surface area contributed by atoms with E-state index in [0.29, 0.717) is 23.2 Å². The summed E-state index contributed by atoms with van der Waals surface area (Å²) in [4.78, 5) is 12.7. The van der Waals surface area contributed by atoms with Crippen LogP contribution >= 0.6 is 35.8 Å². The Hall–Kier alpha value is -0.420. The number of carbonyl (C=O) groups excluding carboxylic acids is 1. The highest BCUT2D eigenvalue weighted by atomic mass is 35.5. The predicted octanol–water partition coefficient (Wildman–Crippen LogP) is 3.81. The molecule has 0 fully saturated rings. The van der Waals surface area contributed by atoms with Crippen LogP contribution in [0.15, 0.2) is 23.1 Å². The lowest BCUT2D eigenvalue weighted by atomic mass is 10.3. The fourth-order valence-corrected chi connectivity index (χ4v) is 2.62. The third-order valence-electron chi connectivity index (χ3n) is 2.20. The van der Waals surface area contributed by atoms with Crippen molar-refractivity contribution in [2.75, 3.05) is 18.9 Å². The molecule has 0 radical (unpaired) electrons. The topological polar surface area (TPSA) is 41.1 Å². The Morgan fingerprint density at radius 1 is 1.42 bits per heavy atom. The van der Waals surface area contributed by atoms with E-state index < -0.39 is 0 Å². The molecule has 3 nitrogen and oxygen atoms in total. The van der Waals surface area contributed by atoms with Gasteiger partial charge in [-0.1, -0.05) is 31.5 Å². The molecule has 1 aromatic rings. The van der Waals surface area contributed by atoms with Crippen LogP contribution in [0.4, 0.5) is 5.69 Å². The highest BCUT2D eigenvalue weighted by molar-refractivity contribution is 8.00. The highest BCUT2D eigenvalue weighted by Gasteiger charge is 2.11. The van der Waals surface area contributed by atoms with Crippen molar-refractivity contribution in [2.45, 2.75) is 30.4 Å². The molecule has 0 bridgehead atoms. The van der Waals surface area contributed by atoms with Gasteiger partial charge in [0.15, 0.2) is 0 Å². The van der Waals surface area contributed by atoms with E-state index in [1.807, 2.05) is 25.2 Å². The number of thioether (sulfide) groups is 1. The van der Waals surface area contributed by atoms with Gasteiger partial charge in [-0.2, -0.15) is 0 Å². The van der Waals surface area contributed by atoms with Gasteiger partial charge in [0.25, 0.3) is 0 Å². The summed E-state index contributed by atoms with van der Waals surface area (Å²) in [6.07, 6.45) is 0.453. The number of halogens is 2. The number of amides is 1. The number of rotatable bonds is 6. The summed E-state index contributed by atoms with van der Waals surface area (Å²) in [5, 5.41) is 6.95. The normalized spacial score (nSPS) is 10.2. The quantitative estimate of drug-likeness (QED) is 0.782. The van der Waals surface area contributed by atoms with Gasteiger partial charge in [-0.25, -0.2) is 0 Å². The average Bonchev–Trinajstić information content (AvgIpc) is 2.30. The second-order valence-electron chi connectivity index (χ2n) is 4.18. The predicted molar refractivity (Wildman–Crippen MR) is 86.9 cm³/mol. The second-order valence-corrected chi connectivity index (χ2v) is 6.18. The summed E-state index contributed by atoms with van der Waals surface area (Å²) >= 11 is 7.83. The first-order valence-corrected chi connectivity index (χ1v) is 7.20. The maximum atomic E-state index is 11.7. The minimum atomic E-state index is -0.00257. The van der Waals surface area contributed by atoms with Crippen LogP contribution < -0.4 is 10.6 Å². The third-order valence-corrected chi connectivity index (χ3v) is 3.77. The Labute approximate surface area is 130 Å². The summed E-state index contributed by atoms with van der Waals surface area (Å²) in [5.74, 6) is -0.00257. The van der Waals surface area contributed by atoms with E-state index >= 15 is 0 Å². The van der Waals surface area contributed by atoms with Crippen molar-refractivity contribution in [3.05, 3.63) is 23.2 Å². The number of anilines is 1. The summed E-state index contributed by atoms with van der Waals surface area (Å²) in [6.45, 7) is 4.86.